The second-order valence-electron chi connectivity index (χ2n) is 11.4. The molecule has 1 aliphatic rings. The van der Waals surface area contributed by atoms with E-state index in [9.17, 15) is 14.3 Å². The second-order valence-corrected chi connectivity index (χ2v) is 11.4. The first-order valence-corrected chi connectivity index (χ1v) is 13.3. The van der Waals surface area contributed by atoms with Crippen LogP contribution in [0.5, 0.6) is 5.75 Å². The first kappa shape index (κ1) is 26.9. The number of carbonyl (C=O) groups is 1. The summed E-state index contributed by atoms with van der Waals surface area (Å²) in [6, 6.07) is 10.8. The van der Waals surface area contributed by atoms with Crippen molar-refractivity contribution in [3.8, 4) is 16.9 Å². The smallest absolute Gasteiger partial charge is 0.337 e. The van der Waals surface area contributed by atoms with Gasteiger partial charge in [-0.15, -0.1) is 0 Å². The molecule has 0 amide bonds. The first-order valence-electron chi connectivity index (χ1n) is 13.3. The highest BCUT2D eigenvalue weighted by Gasteiger charge is 2.33. The van der Waals surface area contributed by atoms with Crippen LogP contribution in [0.1, 0.15) is 66.8 Å². The zero-order valence-corrected chi connectivity index (χ0v) is 23.4. The van der Waals surface area contributed by atoms with Crippen molar-refractivity contribution in [2.45, 2.75) is 72.6 Å². The third-order valence-corrected chi connectivity index (χ3v) is 7.39. The van der Waals surface area contributed by atoms with Gasteiger partial charge in [-0.2, -0.15) is 0 Å². The van der Waals surface area contributed by atoms with Crippen molar-refractivity contribution in [3.05, 3.63) is 81.9 Å². The lowest BCUT2D eigenvalue weighted by molar-refractivity contribution is -0.160. The highest BCUT2D eigenvalue weighted by Crippen LogP contribution is 2.43. The Balaban J connectivity index is 1.78. The number of halogens is 1. The van der Waals surface area contributed by atoms with Gasteiger partial charge in [-0.1, -0.05) is 12.1 Å². The highest BCUT2D eigenvalue weighted by molar-refractivity contribution is 5.99. The molecule has 1 N–H and O–H groups in total. The molecule has 0 spiro atoms. The van der Waals surface area contributed by atoms with Gasteiger partial charge in [0.2, 0.25) is 0 Å². The summed E-state index contributed by atoms with van der Waals surface area (Å²) in [7, 11) is 0. The molecule has 2 aromatic heterocycles. The standard InChI is InChI=1S/C32H35FN2O4/c1-18-16-22(33)10-9-21(18)17-35-14-13-25-28(24-11-12-26-23(19(24)2)8-7-15-38-26)27(20(3)34-30(25)35)29(31(36)37)39-32(4,5)6/h9-14,16,29H,7-8,15,17H2,1-6H3,(H,36,37). The fourth-order valence-corrected chi connectivity index (χ4v) is 5.55. The van der Waals surface area contributed by atoms with Crippen molar-refractivity contribution in [2.24, 2.45) is 0 Å². The Labute approximate surface area is 228 Å². The molecule has 3 heterocycles. The second kappa shape index (κ2) is 10.1. The summed E-state index contributed by atoms with van der Waals surface area (Å²) in [5.41, 5.74) is 7.04. The molecule has 6 nitrogen and oxygen atoms in total. The molecule has 1 unspecified atom stereocenters. The SMILES string of the molecule is Cc1cc(F)ccc1Cn1ccc2c(-c3ccc4c(c3C)CCCO4)c(C(OC(C)(C)C)C(=O)O)c(C)nc21. The molecule has 39 heavy (non-hydrogen) atoms. The van der Waals surface area contributed by atoms with Crippen LogP contribution in [0.2, 0.25) is 0 Å². The normalized spacial score (nSPS) is 14.2. The average Bonchev–Trinajstić information content (AvgIpc) is 3.25. The van der Waals surface area contributed by atoms with Gasteiger partial charge in [0, 0.05) is 34.9 Å². The van der Waals surface area contributed by atoms with Gasteiger partial charge in [0.25, 0.3) is 0 Å². The van der Waals surface area contributed by atoms with E-state index in [1.807, 2.05) is 63.6 Å². The molecular formula is C32H35FN2O4. The number of rotatable bonds is 6. The monoisotopic (exact) mass is 530 g/mol. The van der Waals surface area contributed by atoms with Crippen molar-refractivity contribution < 1.29 is 23.8 Å². The number of carboxylic acid groups (broad SMARTS) is 1. The van der Waals surface area contributed by atoms with Crippen LogP contribution in [-0.4, -0.2) is 32.8 Å². The number of aryl methyl sites for hydroxylation is 2. The van der Waals surface area contributed by atoms with Crippen LogP contribution >= 0.6 is 0 Å². The van der Waals surface area contributed by atoms with E-state index in [1.165, 1.54) is 12.1 Å². The number of pyridine rings is 1. The summed E-state index contributed by atoms with van der Waals surface area (Å²) in [6.07, 6.45) is 2.60. The van der Waals surface area contributed by atoms with E-state index in [0.29, 0.717) is 24.4 Å². The molecule has 0 aliphatic carbocycles. The predicted molar refractivity (Wildman–Crippen MR) is 150 cm³/mol. The van der Waals surface area contributed by atoms with Crippen molar-refractivity contribution in [1.29, 1.82) is 0 Å². The number of aromatic nitrogens is 2. The molecule has 0 saturated heterocycles. The fourth-order valence-electron chi connectivity index (χ4n) is 5.55. The molecule has 0 bridgehead atoms. The van der Waals surface area contributed by atoms with Gasteiger partial charge in [-0.3, -0.25) is 0 Å². The maximum absolute atomic E-state index is 13.7. The van der Waals surface area contributed by atoms with Gasteiger partial charge in [-0.25, -0.2) is 14.2 Å². The average molecular weight is 531 g/mol. The van der Waals surface area contributed by atoms with Crippen LogP contribution in [0.4, 0.5) is 4.39 Å². The maximum atomic E-state index is 13.7. The maximum Gasteiger partial charge on any atom is 0.337 e. The van der Waals surface area contributed by atoms with Gasteiger partial charge in [0.15, 0.2) is 6.10 Å². The number of fused-ring (bicyclic) bond motifs is 2. The Morgan fingerprint density at radius 2 is 1.95 bits per heavy atom. The van der Waals surface area contributed by atoms with E-state index in [1.54, 1.807) is 6.07 Å². The first-order chi connectivity index (χ1) is 18.4. The van der Waals surface area contributed by atoms with Crippen LogP contribution in [0, 0.1) is 26.6 Å². The summed E-state index contributed by atoms with van der Waals surface area (Å²) >= 11 is 0. The Morgan fingerprint density at radius 1 is 1.18 bits per heavy atom. The van der Waals surface area contributed by atoms with E-state index in [4.69, 9.17) is 14.5 Å². The molecule has 2 aromatic carbocycles. The lowest BCUT2D eigenvalue weighted by atomic mass is 9.87. The summed E-state index contributed by atoms with van der Waals surface area (Å²) in [4.78, 5) is 17.6. The van der Waals surface area contributed by atoms with E-state index in [2.05, 4.69) is 6.92 Å². The van der Waals surface area contributed by atoms with Crippen molar-refractivity contribution >= 4 is 17.0 Å². The molecule has 4 aromatic rings. The lowest BCUT2D eigenvalue weighted by Crippen LogP contribution is -2.28. The van der Waals surface area contributed by atoms with Crippen LogP contribution in [-0.2, 0) is 22.5 Å². The number of ether oxygens (including phenoxy) is 2. The summed E-state index contributed by atoms with van der Waals surface area (Å²) in [5, 5.41) is 11.2. The Morgan fingerprint density at radius 3 is 2.64 bits per heavy atom. The topological polar surface area (TPSA) is 73.6 Å². The van der Waals surface area contributed by atoms with Crippen molar-refractivity contribution in [1.82, 2.24) is 9.55 Å². The molecule has 0 radical (unpaired) electrons. The van der Waals surface area contributed by atoms with Crippen molar-refractivity contribution in [3.63, 3.8) is 0 Å². The third-order valence-electron chi connectivity index (χ3n) is 7.39. The van der Waals surface area contributed by atoms with E-state index in [0.717, 1.165) is 63.0 Å². The Bertz CT molecular complexity index is 1580. The summed E-state index contributed by atoms with van der Waals surface area (Å²) < 4.78 is 27.8. The molecule has 7 heteroatoms. The molecule has 204 valence electrons. The molecule has 0 saturated carbocycles. The van der Waals surface area contributed by atoms with E-state index < -0.39 is 17.7 Å². The van der Waals surface area contributed by atoms with E-state index in [-0.39, 0.29) is 5.82 Å². The molecule has 5 rings (SSSR count). The number of aliphatic carboxylic acids is 1. The van der Waals surface area contributed by atoms with Crippen LogP contribution < -0.4 is 4.74 Å². The van der Waals surface area contributed by atoms with Gasteiger partial charge in [0.1, 0.15) is 17.2 Å². The van der Waals surface area contributed by atoms with Crippen LogP contribution in [0.15, 0.2) is 42.6 Å². The zero-order valence-electron chi connectivity index (χ0n) is 23.4. The minimum Gasteiger partial charge on any atom is -0.493 e. The van der Waals surface area contributed by atoms with E-state index >= 15 is 0 Å². The predicted octanol–water partition coefficient (Wildman–Crippen LogP) is 7.08. The largest absolute Gasteiger partial charge is 0.493 e. The summed E-state index contributed by atoms with van der Waals surface area (Å²) in [5.74, 6) is -0.438. The Kier molecular flexibility index (Phi) is 6.97. The molecule has 1 atom stereocenters. The minimum absolute atomic E-state index is 0.264. The highest BCUT2D eigenvalue weighted by atomic mass is 19.1. The summed E-state index contributed by atoms with van der Waals surface area (Å²) in [6.45, 7) is 12.6. The zero-order chi connectivity index (χ0) is 28.1. The van der Waals surface area contributed by atoms with Gasteiger partial charge >= 0.3 is 5.97 Å². The third kappa shape index (κ3) is 5.15. The number of hydrogen-bond donors (Lipinski definition) is 1. The molecule has 1 aliphatic heterocycles. The lowest BCUT2D eigenvalue weighted by Gasteiger charge is -2.29. The van der Waals surface area contributed by atoms with Crippen molar-refractivity contribution in [2.75, 3.05) is 6.61 Å². The number of hydrogen-bond acceptors (Lipinski definition) is 4. The van der Waals surface area contributed by atoms with Crippen LogP contribution in [0.3, 0.4) is 0 Å². The van der Waals surface area contributed by atoms with Gasteiger partial charge < -0.3 is 19.1 Å². The molecular weight excluding hydrogens is 495 g/mol. The number of nitrogens with zero attached hydrogens (tertiary/aromatic N) is 2. The number of carboxylic acids is 1. The number of benzene rings is 2. The van der Waals surface area contributed by atoms with Gasteiger partial charge in [0.05, 0.1) is 12.2 Å². The fraction of sp³-hybridized carbons (Fsp3) is 0.375. The van der Waals surface area contributed by atoms with Crippen LogP contribution in [0.25, 0.3) is 22.2 Å². The molecule has 0 fully saturated rings. The van der Waals surface area contributed by atoms with Gasteiger partial charge in [-0.05, 0) is 106 Å². The quantitative estimate of drug-likeness (QED) is 0.288. The Hall–Kier alpha value is -3.71. The minimum atomic E-state index is -1.20.